The lowest BCUT2D eigenvalue weighted by Gasteiger charge is -2.36. The molecule has 3 heterocycles. The molecule has 0 bridgehead atoms. The third-order valence-corrected chi connectivity index (χ3v) is 5.12. The lowest BCUT2D eigenvalue weighted by atomic mass is 10.3. The molecule has 160 valence electrons. The van der Waals surface area contributed by atoms with Gasteiger partial charge in [-0.05, 0) is 30.7 Å². The van der Waals surface area contributed by atoms with Crippen molar-refractivity contribution in [1.82, 2.24) is 25.1 Å². The maximum Gasteiger partial charge on any atom is 0.289 e. The number of hydrogen-bond acceptors (Lipinski definition) is 4. The molecule has 1 fully saturated rings. The Morgan fingerprint density at radius 2 is 1.93 bits per heavy atom. The minimum atomic E-state index is -0.0524. The molecule has 1 amide bonds. The minimum absolute atomic E-state index is 0. The van der Waals surface area contributed by atoms with Gasteiger partial charge in [-0.2, -0.15) is 0 Å². The first-order valence-electron chi connectivity index (χ1n) is 9.96. The van der Waals surface area contributed by atoms with Gasteiger partial charge in [0, 0.05) is 46.2 Å². The van der Waals surface area contributed by atoms with Crippen molar-refractivity contribution in [1.29, 1.82) is 0 Å². The average Bonchev–Trinajstić information content (AvgIpc) is 3.43. The number of guanidine groups is 1. The first kappa shape index (κ1) is 22.1. The van der Waals surface area contributed by atoms with Crippen molar-refractivity contribution in [3.63, 3.8) is 0 Å². The third-order valence-electron chi connectivity index (χ3n) is 5.12. The molecule has 3 aromatic rings. The molecule has 1 saturated heterocycles. The number of amides is 1. The van der Waals surface area contributed by atoms with Gasteiger partial charge in [-0.25, -0.2) is 4.98 Å². The lowest BCUT2D eigenvalue weighted by molar-refractivity contribution is 0.0658. The van der Waals surface area contributed by atoms with Crippen molar-refractivity contribution in [2.75, 3.05) is 39.8 Å². The van der Waals surface area contributed by atoms with Gasteiger partial charge in [-0.15, -0.1) is 24.0 Å². The molecule has 1 aromatic carbocycles. The van der Waals surface area contributed by atoms with Gasteiger partial charge < -0.3 is 24.5 Å². The zero-order valence-corrected chi connectivity index (χ0v) is 19.3. The predicted octanol–water partition coefficient (Wildman–Crippen LogP) is 2.74. The molecule has 8 nitrogen and oxygen atoms in total. The Hall–Kier alpha value is -2.56. The molecule has 1 aliphatic heterocycles. The largest absolute Gasteiger partial charge is 0.459 e. The smallest absolute Gasteiger partial charge is 0.289 e. The summed E-state index contributed by atoms with van der Waals surface area (Å²) in [6.45, 7) is 3.61. The molecular weight excluding hydrogens is 495 g/mol. The normalized spacial score (nSPS) is 14.6. The summed E-state index contributed by atoms with van der Waals surface area (Å²) in [5.74, 6) is 2.22. The van der Waals surface area contributed by atoms with Gasteiger partial charge in [0.05, 0.1) is 17.3 Å². The maximum atomic E-state index is 12.4. The van der Waals surface area contributed by atoms with Crippen LogP contribution in [0.3, 0.4) is 0 Å². The van der Waals surface area contributed by atoms with E-state index >= 15 is 0 Å². The van der Waals surface area contributed by atoms with E-state index < -0.39 is 0 Å². The average molecular weight is 522 g/mol. The number of furan rings is 1. The summed E-state index contributed by atoms with van der Waals surface area (Å²) >= 11 is 0. The number of carbonyl (C=O) groups is 1. The van der Waals surface area contributed by atoms with E-state index in [0.717, 1.165) is 55.3 Å². The van der Waals surface area contributed by atoms with Crippen LogP contribution in [0.2, 0.25) is 0 Å². The zero-order chi connectivity index (χ0) is 20.1. The van der Waals surface area contributed by atoms with Gasteiger partial charge in [0.1, 0.15) is 5.82 Å². The summed E-state index contributed by atoms with van der Waals surface area (Å²) in [5.41, 5.74) is 2.08. The van der Waals surface area contributed by atoms with Crippen molar-refractivity contribution >= 4 is 46.9 Å². The second-order valence-electron chi connectivity index (χ2n) is 7.03. The minimum Gasteiger partial charge on any atom is -0.459 e. The van der Waals surface area contributed by atoms with Crippen LogP contribution in [0.15, 0.2) is 52.1 Å². The van der Waals surface area contributed by atoms with Gasteiger partial charge in [0.15, 0.2) is 11.7 Å². The molecule has 2 N–H and O–H groups in total. The molecule has 30 heavy (non-hydrogen) atoms. The van der Waals surface area contributed by atoms with E-state index in [9.17, 15) is 4.79 Å². The number of benzene rings is 1. The highest BCUT2D eigenvalue weighted by Crippen LogP contribution is 2.12. The Bertz CT molecular complexity index is 943. The molecule has 0 saturated carbocycles. The number of H-pyrrole nitrogens is 1. The van der Waals surface area contributed by atoms with Crippen LogP contribution in [0.4, 0.5) is 0 Å². The van der Waals surface area contributed by atoms with Crippen LogP contribution in [0.5, 0.6) is 0 Å². The second kappa shape index (κ2) is 10.5. The summed E-state index contributed by atoms with van der Waals surface area (Å²) in [5, 5.41) is 3.43. The molecule has 0 radical (unpaired) electrons. The van der Waals surface area contributed by atoms with E-state index in [1.165, 1.54) is 6.26 Å². The summed E-state index contributed by atoms with van der Waals surface area (Å²) in [4.78, 5) is 28.8. The highest BCUT2D eigenvalue weighted by Gasteiger charge is 2.25. The number of aromatic amines is 1. The summed E-state index contributed by atoms with van der Waals surface area (Å²) in [6.07, 6.45) is 3.36. The van der Waals surface area contributed by atoms with E-state index in [-0.39, 0.29) is 29.9 Å². The Labute approximate surface area is 192 Å². The van der Waals surface area contributed by atoms with Crippen LogP contribution < -0.4 is 5.32 Å². The summed E-state index contributed by atoms with van der Waals surface area (Å²) in [6, 6.07) is 11.5. The Balaban J connectivity index is 0.00000256. The van der Waals surface area contributed by atoms with E-state index in [2.05, 4.69) is 25.2 Å². The van der Waals surface area contributed by atoms with Gasteiger partial charge >= 0.3 is 0 Å². The Morgan fingerprint density at radius 1 is 1.17 bits per heavy atom. The number of nitrogens with one attached hydrogen (secondary N) is 2. The molecular formula is C21H27IN6O2. The molecule has 0 aliphatic carbocycles. The number of para-hydroxylation sites is 2. The van der Waals surface area contributed by atoms with Gasteiger partial charge in [-0.3, -0.25) is 9.79 Å². The molecule has 4 rings (SSSR count). The first-order chi connectivity index (χ1) is 14.2. The van der Waals surface area contributed by atoms with E-state index in [4.69, 9.17) is 4.42 Å². The van der Waals surface area contributed by atoms with Crippen LogP contribution in [0.25, 0.3) is 11.0 Å². The van der Waals surface area contributed by atoms with E-state index in [1.807, 2.05) is 29.2 Å². The Kier molecular flexibility index (Phi) is 7.72. The molecule has 0 atom stereocenters. The second-order valence-corrected chi connectivity index (χ2v) is 7.03. The molecule has 2 aromatic heterocycles. The van der Waals surface area contributed by atoms with Gasteiger partial charge in [0.2, 0.25) is 0 Å². The number of aromatic nitrogens is 2. The highest BCUT2D eigenvalue weighted by atomic mass is 127. The molecule has 9 heteroatoms. The van der Waals surface area contributed by atoms with Crippen LogP contribution in [0.1, 0.15) is 22.8 Å². The first-order valence-corrected chi connectivity index (χ1v) is 9.96. The van der Waals surface area contributed by atoms with Gasteiger partial charge in [0.25, 0.3) is 5.91 Å². The van der Waals surface area contributed by atoms with Crippen LogP contribution in [-0.2, 0) is 6.42 Å². The van der Waals surface area contributed by atoms with Crippen LogP contribution in [-0.4, -0.2) is 71.4 Å². The number of rotatable bonds is 5. The fraction of sp³-hybridized carbons (Fsp3) is 0.381. The lowest BCUT2D eigenvalue weighted by Crippen LogP contribution is -2.53. The maximum absolute atomic E-state index is 12.4. The molecule has 1 aliphatic rings. The van der Waals surface area contributed by atoms with Crippen LogP contribution in [0, 0.1) is 0 Å². The van der Waals surface area contributed by atoms with Gasteiger partial charge in [-0.1, -0.05) is 12.1 Å². The number of halogens is 1. The number of aliphatic imine (C=N–C) groups is 1. The predicted molar refractivity (Wildman–Crippen MR) is 127 cm³/mol. The number of imidazole rings is 1. The fourth-order valence-corrected chi connectivity index (χ4v) is 3.59. The summed E-state index contributed by atoms with van der Waals surface area (Å²) in [7, 11) is 1.79. The van der Waals surface area contributed by atoms with Crippen molar-refractivity contribution < 1.29 is 9.21 Å². The van der Waals surface area contributed by atoms with E-state index in [0.29, 0.717) is 18.8 Å². The topological polar surface area (TPSA) is 89.8 Å². The molecule has 0 spiro atoms. The third kappa shape index (κ3) is 5.13. The number of carbonyl (C=O) groups excluding carboxylic acids is 1. The molecule has 0 unspecified atom stereocenters. The van der Waals surface area contributed by atoms with Crippen LogP contribution >= 0.6 is 24.0 Å². The van der Waals surface area contributed by atoms with Crippen molar-refractivity contribution in [2.45, 2.75) is 12.8 Å². The number of aryl methyl sites for hydroxylation is 1. The fourth-order valence-electron chi connectivity index (χ4n) is 3.59. The highest BCUT2D eigenvalue weighted by molar-refractivity contribution is 14.0. The number of fused-ring (bicyclic) bond motifs is 1. The van der Waals surface area contributed by atoms with Crippen molar-refractivity contribution in [3.05, 3.63) is 54.2 Å². The zero-order valence-electron chi connectivity index (χ0n) is 17.0. The quantitative estimate of drug-likeness (QED) is 0.233. The Morgan fingerprint density at radius 3 is 2.63 bits per heavy atom. The number of hydrogen-bond donors (Lipinski definition) is 2. The summed E-state index contributed by atoms with van der Waals surface area (Å²) < 4.78 is 5.22. The number of piperazine rings is 1. The van der Waals surface area contributed by atoms with E-state index in [1.54, 1.807) is 19.2 Å². The standard InChI is InChI=1S/C21H26N6O2.HI/c1-22-21(23-10-4-9-19-24-16-6-2-3-7-17(16)25-19)27-13-11-26(12-14-27)20(28)18-8-5-15-29-18;/h2-3,5-8,15H,4,9-14H2,1H3,(H,22,23)(H,24,25);1H. The SMILES string of the molecule is CN=C(NCCCc1nc2ccccc2[nH]1)N1CCN(C(=O)c2ccco2)CC1.I. The van der Waals surface area contributed by atoms with Crippen molar-refractivity contribution in [3.8, 4) is 0 Å². The van der Waals surface area contributed by atoms with Crippen molar-refractivity contribution in [2.24, 2.45) is 4.99 Å². The number of nitrogens with zero attached hydrogens (tertiary/aromatic N) is 4. The monoisotopic (exact) mass is 522 g/mol.